The second-order valence-corrected chi connectivity index (χ2v) is 13.5. The van der Waals surface area contributed by atoms with Crippen LogP contribution in [0.2, 0.25) is 10.0 Å². The second kappa shape index (κ2) is 11.8. The van der Waals surface area contributed by atoms with Crippen molar-refractivity contribution in [3.8, 4) is 0 Å². The molecule has 1 aliphatic carbocycles. The summed E-state index contributed by atoms with van der Waals surface area (Å²) >= 11 is 12.7. The lowest BCUT2D eigenvalue weighted by Gasteiger charge is -2.43. The van der Waals surface area contributed by atoms with E-state index in [2.05, 4.69) is 10.2 Å². The fraction of sp³-hybridized carbons (Fsp3) is 0.562. The summed E-state index contributed by atoms with van der Waals surface area (Å²) in [4.78, 5) is 32.4. The Morgan fingerprint density at radius 3 is 2.44 bits per heavy atom. The monoisotopic (exact) mass is 636 g/mol. The van der Waals surface area contributed by atoms with Gasteiger partial charge in [-0.05, 0) is 87.4 Å². The summed E-state index contributed by atoms with van der Waals surface area (Å²) in [5.74, 6) is 0.313. The molecule has 43 heavy (non-hydrogen) atoms. The van der Waals surface area contributed by atoms with E-state index < -0.39 is 17.3 Å². The van der Waals surface area contributed by atoms with Gasteiger partial charge in [-0.25, -0.2) is 0 Å². The first kappa shape index (κ1) is 30.5. The van der Waals surface area contributed by atoms with Crippen LogP contribution in [0.25, 0.3) is 0 Å². The summed E-state index contributed by atoms with van der Waals surface area (Å²) in [6.07, 6.45) is 2.38. The van der Waals surface area contributed by atoms with Crippen molar-refractivity contribution in [1.82, 2.24) is 15.1 Å². The van der Waals surface area contributed by atoms with Gasteiger partial charge in [-0.3, -0.25) is 9.59 Å². The van der Waals surface area contributed by atoms with E-state index in [1.165, 1.54) is 6.07 Å². The first-order valence-corrected chi connectivity index (χ1v) is 16.0. The molecule has 2 amide bonds. The normalized spacial score (nSPS) is 24.4. The zero-order valence-electron chi connectivity index (χ0n) is 24.1. The van der Waals surface area contributed by atoms with Gasteiger partial charge in [-0.2, -0.15) is 13.2 Å². The van der Waals surface area contributed by atoms with Crippen molar-refractivity contribution in [2.24, 2.45) is 5.92 Å². The van der Waals surface area contributed by atoms with Gasteiger partial charge in [-0.1, -0.05) is 41.8 Å². The molecule has 1 spiro atoms. The van der Waals surface area contributed by atoms with Crippen LogP contribution in [0.1, 0.15) is 62.5 Å². The van der Waals surface area contributed by atoms with Crippen LogP contribution in [0.5, 0.6) is 0 Å². The van der Waals surface area contributed by atoms with Crippen LogP contribution in [-0.4, -0.2) is 66.5 Å². The highest BCUT2D eigenvalue weighted by atomic mass is 35.5. The molecule has 1 atom stereocenters. The number of benzene rings is 2. The van der Waals surface area contributed by atoms with Crippen LogP contribution in [0.15, 0.2) is 42.5 Å². The van der Waals surface area contributed by atoms with Crippen molar-refractivity contribution in [1.29, 1.82) is 0 Å². The second-order valence-electron chi connectivity index (χ2n) is 12.7. The van der Waals surface area contributed by atoms with Gasteiger partial charge in [0.05, 0.1) is 22.3 Å². The van der Waals surface area contributed by atoms with E-state index in [0.29, 0.717) is 48.2 Å². The Morgan fingerprint density at radius 1 is 1.00 bits per heavy atom. The minimum Gasteiger partial charge on any atom is -0.342 e. The number of nitrogens with zero attached hydrogens (tertiary/aromatic N) is 3. The number of nitrogens with one attached hydrogen (secondary N) is 1. The average molecular weight is 638 g/mol. The largest absolute Gasteiger partial charge is 0.416 e. The average Bonchev–Trinajstić information content (AvgIpc) is 3.52. The van der Waals surface area contributed by atoms with E-state index in [1.807, 2.05) is 28.0 Å². The molecular weight excluding hydrogens is 600 g/mol. The Hall–Kier alpha value is -2.49. The zero-order valence-corrected chi connectivity index (χ0v) is 25.6. The lowest BCUT2D eigenvalue weighted by molar-refractivity contribution is -0.138. The minimum absolute atomic E-state index is 0.120. The molecule has 0 bridgehead atoms. The van der Waals surface area contributed by atoms with Crippen molar-refractivity contribution < 1.29 is 22.8 Å². The molecule has 3 saturated heterocycles. The molecule has 4 fully saturated rings. The van der Waals surface area contributed by atoms with E-state index in [-0.39, 0.29) is 29.8 Å². The smallest absolute Gasteiger partial charge is 0.342 e. The first-order valence-electron chi connectivity index (χ1n) is 15.2. The molecule has 1 unspecified atom stereocenters. The van der Waals surface area contributed by atoms with Crippen molar-refractivity contribution in [2.45, 2.75) is 68.5 Å². The minimum atomic E-state index is -4.45. The molecule has 232 valence electrons. The molecule has 0 radical (unpaired) electrons. The predicted octanol–water partition coefficient (Wildman–Crippen LogP) is 6.49. The first-order chi connectivity index (χ1) is 20.5. The fourth-order valence-electron chi connectivity index (χ4n) is 7.45. The number of alkyl halides is 3. The maximum atomic E-state index is 13.4. The molecule has 6 nitrogen and oxygen atoms in total. The highest BCUT2D eigenvalue weighted by molar-refractivity contribution is 6.42. The van der Waals surface area contributed by atoms with Gasteiger partial charge in [0, 0.05) is 43.2 Å². The van der Waals surface area contributed by atoms with Gasteiger partial charge in [0.1, 0.15) is 5.54 Å². The third-order valence-corrected chi connectivity index (χ3v) is 11.0. The number of hydrogen-bond donors (Lipinski definition) is 1. The van der Waals surface area contributed by atoms with Crippen molar-refractivity contribution >= 4 is 40.7 Å². The van der Waals surface area contributed by atoms with Crippen LogP contribution >= 0.6 is 23.2 Å². The van der Waals surface area contributed by atoms with Gasteiger partial charge in [0.25, 0.3) is 0 Å². The van der Waals surface area contributed by atoms with Gasteiger partial charge in [0.15, 0.2) is 0 Å². The van der Waals surface area contributed by atoms with Crippen molar-refractivity contribution in [3.05, 3.63) is 63.6 Å². The number of halogens is 5. The summed E-state index contributed by atoms with van der Waals surface area (Å²) in [5.41, 5.74) is -0.241. The van der Waals surface area contributed by atoms with Crippen LogP contribution in [0, 0.1) is 5.92 Å². The standard InChI is InChI=1S/C32H37Cl2F3N4O2/c33-26-9-8-23(19-27(26)34)30(11-17-40(20-30)28(42)22-4-1-5-22)10-3-14-39-15-12-31(13-16-39)29(43)38-21-41(31)25-7-2-6-24(18-25)32(35,36)37/h2,6-9,18-19,22H,1,3-5,10-17,20-21H2,(H,38,43). The van der Waals surface area contributed by atoms with Gasteiger partial charge in [0.2, 0.25) is 11.8 Å². The maximum absolute atomic E-state index is 13.4. The number of hydrogen-bond acceptors (Lipinski definition) is 4. The van der Waals surface area contributed by atoms with Gasteiger partial charge < -0.3 is 20.0 Å². The molecule has 0 aromatic heterocycles. The lowest BCUT2D eigenvalue weighted by Crippen LogP contribution is -2.56. The van der Waals surface area contributed by atoms with E-state index in [9.17, 15) is 22.8 Å². The number of likely N-dealkylation sites (tertiary alicyclic amines) is 2. The predicted molar refractivity (Wildman–Crippen MR) is 161 cm³/mol. The molecule has 3 aliphatic heterocycles. The van der Waals surface area contributed by atoms with Crippen molar-refractivity contribution in [2.75, 3.05) is 44.3 Å². The molecule has 11 heteroatoms. The number of rotatable bonds is 7. The Morgan fingerprint density at radius 2 is 1.77 bits per heavy atom. The quantitative estimate of drug-likeness (QED) is 0.377. The number of anilines is 1. The van der Waals surface area contributed by atoms with Gasteiger partial charge in [-0.15, -0.1) is 0 Å². The van der Waals surface area contributed by atoms with Crippen molar-refractivity contribution in [3.63, 3.8) is 0 Å². The summed E-state index contributed by atoms with van der Waals surface area (Å²) < 4.78 is 40.2. The van der Waals surface area contributed by atoms with Gasteiger partial charge >= 0.3 is 6.18 Å². The third-order valence-electron chi connectivity index (χ3n) is 10.3. The topological polar surface area (TPSA) is 55.9 Å². The lowest BCUT2D eigenvalue weighted by atomic mass is 9.75. The molecule has 6 rings (SSSR count). The summed E-state index contributed by atoms with van der Waals surface area (Å²) in [7, 11) is 0. The number of amides is 2. The molecule has 1 saturated carbocycles. The maximum Gasteiger partial charge on any atom is 0.416 e. The van der Waals surface area contributed by atoms with E-state index in [4.69, 9.17) is 23.2 Å². The summed E-state index contributed by atoms with van der Waals surface area (Å²) in [6.45, 7) is 3.80. The highest BCUT2D eigenvalue weighted by Gasteiger charge is 2.51. The van der Waals surface area contributed by atoms with Crippen LogP contribution in [0.4, 0.5) is 18.9 Å². The fourth-order valence-corrected chi connectivity index (χ4v) is 7.74. The molecular formula is C32H37Cl2F3N4O2. The molecule has 1 N–H and O–H groups in total. The van der Waals surface area contributed by atoms with E-state index >= 15 is 0 Å². The summed E-state index contributed by atoms with van der Waals surface area (Å²) in [6, 6.07) is 11.1. The molecule has 3 heterocycles. The third kappa shape index (κ3) is 5.85. The molecule has 2 aromatic carbocycles. The Bertz CT molecular complexity index is 1380. The SMILES string of the molecule is O=C(C1CCC1)N1CCC(CCCN2CCC3(CC2)C(=O)NCN3c2cccc(C(F)(F)F)c2)(c2ccc(Cl)c(Cl)c2)C1. The molecule has 4 aliphatic rings. The van der Waals surface area contributed by atoms with Crippen LogP contribution in [-0.2, 0) is 21.2 Å². The number of carbonyl (C=O) groups excluding carboxylic acids is 2. The Balaban J connectivity index is 1.11. The Kier molecular flexibility index (Phi) is 8.37. The molecule has 2 aromatic rings. The zero-order chi connectivity index (χ0) is 30.4. The summed E-state index contributed by atoms with van der Waals surface area (Å²) in [5, 5.41) is 3.91. The number of carbonyl (C=O) groups is 2. The highest BCUT2D eigenvalue weighted by Crippen LogP contribution is 2.43. The van der Waals surface area contributed by atoms with Crippen LogP contribution in [0.3, 0.4) is 0 Å². The van der Waals surface area contributed by atoms with Crippen LogP contribution < -0.4 is 10.2 Å². The van der Waals surface area contributed by atoms with E-state index in [0.717, 1.165) is 69.3 Å². The van der Waals surface area contributed by atoms with E-state index in [1.54, 1.807) is 6.07 Å². The Labute approximate surface area is 260 Å². The number of piperidine rings is 1.